The summed E-state index contributed by atoms with van der Waals surface area (Å²) in [4.78, 5) is 16.0. The van der Waals surface area contributed by atoms with Gasteiger partial charge in [-0.1, -0.05) is 55.0 Å². The van der Waals surface area contributed by atoms with Gasteiger partial charge in [0.05, 0.1) is 0 Å². The summed E-state index contributed by atoms with van der Waals surface area (Å²) in [6.07, 6.45) is 9.30. The number of carbonyl (C=O) groups is 1. The van der Waals surface area contributed by atoms with Crippen LogP contribution >= 0.6 is 0 Å². The van der Waals surface area contributed by atoms with E-state index < -0.39 is 5.97 Å². The summed E-state index contributed by atoms with van der Waals surface area (Å²) in [7, 11) is 0. The van der Waals surface area contributed by atoms with Crippen molar-refractivity contribution < 1.29 is 9.90 Å². The summed E-state index contributed by atoms with van der Waals surface area (Å²) in [6.45, 7) is 2.37. The highest BCUT2D eigenvalue weighted by molar-refractivity contribution is 5.73. The highest BCUT2D eigenvalue weighted by atomic mass is 16.4. The van der Waals surface area contributed by atoms with E-state index in [0.717, 1.165) is 45.2 Å². The van der Waals surface area contributed by atoms with Crippen LogP contribution in [0.4, 0.5) is 11.4 Å². The second-order valence-electron chi connectivity index (χ2n) is 7.68. The van der Waals surface area contributed by atoms with Crippen LogP contribution in [0.3, 0.4) is 0 Å². The lowest BCUT2D eigenvalue weighted by atomic mass is 10.0. The van der Waals surface area contributed by atoms with Gasteiger partial charge in [0.2, 0.25) is 0 Å². The van der Waals surface area contributed by atoms with Gasteiger partial charge in [0.1, 0.15) is 6.04 Å². The Hall–Kier alpha value is -2.59. The van der Waals surface area contributed by atoms with Gasteiger partial charge in [0.15, 0.2) is 0 Å². The molecule has 0 aliphatic carbocycles. The molecule has 2 aliphatic heterocycles. The molecule has 1 N–H and O–H groups in total. The molecule has 1 atom stereocenters. The molecule has 2 heterocycles. The average molecular weight is 377 g/mol. The Morgan fingerprint density at radius 3 is 2.18 bits per heavy atom. The number of aliphatic carboxylic acids is 1. The summed E-state index contributed by atoms with van der Waals surface area (Å²) >= 11 is 0. The summed E-state index contributed by atoms with van der Waals surface area (Å²) in [5, 5.41) is 9.44. The average Bonchev–Trinajstić information content (AvgIpc) is 2.88. The van der Waals surface area contributed by atoms with Gasteiger partial charge in [0, 0.05) is 24.5 Å². The SMILES string of the molecule is O=C(O)C1CCCCN1C/C=C\CN1c2ccccc2CCc2ccccc21. The van der Waals surface area contributed by atoms with E-state index in [1.54, 1.807) is 0 Å². The smallest absolute Gasteiger partial charge is 0.320 e. The van der Waals surface area contributed by atoms with Crippen molar-refractivity contribution in [3.05, 3.63) is 71.8 Å². The van der Waals surface area contributed by atoms with Crippen LogP contribution in [0.15, 0.2) is 60.7 Å². The van der Waals surface area contributed by atoms with Crippen molar-refractivity contribution >= 4 is 17.3 Å². The molecule has 2 aliphatic rings. The monoisotopic (exact) mass is 376 g/mol. The number of hydrogen-bond donors (Lipinski definition) is 1. The van der Waals surface area contributed by atoms with E-state index in [4.69, 9.17) is 0 Å². The van der Waals surface area contributed by atoms with Crippen LogP contribution in [-0.2, 0) is 17.6 Å². The van der Waals surface area contributed by atoms with Crippen molar-refractivity contribution in [1.29, 1.82) is 0 Å². The van der Waals surface area contributed by atoms with Gasteiger partial charge in [-0.3, -0.25) is 9.69 Å². The van der Waals surface area contributed by atoms with Crippen LogP contribution in [0.2, 0.25) is 0 Å². The van der Waals surface area contributed by atoms with Gasteiger partial charge in [-0.05, 0) is 55.5 Å². The van der Waals surface area contributed by atoms with E-state index in [1.807, 2.05) is 0 Å². The normalized spacial score (nSPS) is 19.9. The van der Waals surface area contributed by atoms with Crippen molar-refractivity contribution in [3.8, 4) is 0 Å². The minimum absolute atomic E-state index is 0.335. The lowest BCUT2D eigenvalue weighted by molar-refractivity contribution is -0.144. The first kappa shape index (κ1) is 18.8. The number of piperidine rings is 1. The molecule has 0 amide bonds. The maximum atomic E-state index is 11.5. The van der Waals surface area contributed by atoms with Gasteiger partial charge >= 0.3 is 5.97 Å². The topological polar surface area (TPSA) is 43.8 Å². The summed E-state index contributed by atoms with van der Waals surface area (Å²) in [6, 6.07) is 17.0. The van der Waals surface area contributed by atoms with E-state index in [0.29, 0.717) is 6.54 Å². The molecule has 146 valence electrons. The zero-order valence-corrected chi connectivity index (χ0v) is 16.3. The van der Waals surface area contributed by atoms with E-state index in [9.17, 15) is 9.90 Å². The van der Waals surface area contributed by atoms with Crippen LogP contribution < -0.4 is 4.90 Å². The van der Waals surface area contributed by atoms with Gasteiger partial charge < -0.3 is 10.0 Å². The molecule has 2 aromatic rings. The third-order valence-electron chi connectivity index (χ3n) is 5.92. The van der Waals surface area contributed by atoms with Gasteiger partial charge in [-0.25, -0.2) is 0 Å². The molecule has 1 saturated heterocycles. The summed E-state index contributed by atoms with van der Waals surface area (Å²) < 4.78 is 0. The second kappa shape index (κ2) is 8.61. The molecule has 2 aromatic carbocycles. The van der Waals surface area contributed by atoms with Crippen LogP contribution in [0.25, 0.3) is 0 Å². The van der Waals surface area contributed by atoms with Crippen molar-refractivity contribution in [2.45, 2.75) is 38.1 Å². The number of carboxylic acid groups (broad SMARTS) is 1. The first-order chi connectivity index (χ1) is 13.7. The third-order valence-corrected chi connectivity index (χ3v) is 5.92. The summed E-state index contributed by atoms with van der Waals surface area (Å²) in [5.41, 5.74) is 5.32. The van der Waals surface area contributed by atoms with Gasteiger partial charge in [-0.15, -0.1) is 0 Å². The Morgan fingerprint density at radius 1 is 0.929 bits per heavy atom. The Balaban J connectivity index is 1.51. The molecular formula is C24H28N2O2. The van der Waals surface area contributed by atoms with Crippen LogP contribution in [0.5, 0.6) is 0 Å². The van der Waals surface area contributed by atoms with Gasteiger partial charge in [0.25, 0.3) is 0 Å². The molecular weight excluding hydrogens is 348 g/mol. The zero-order valence-electron chi connectivity index (χ0n) is 16.3. The van der Waals surface area contributed by atoms with Crippen LogP contribution in [0.1, 0.15) is 30.4 Å². The molecule has 0 saturated carbocycles. The van der Waals surface area contributed by atoms with Crippen molar-refractivity contribution in [2.75, 3.05) is 24.5 Å². The van der Waals surface area contributed by atoms with Gasteiger partial charge in [-0.2, -0.15) is 0 Å². The Morgan fingerprint density at radius 2 is 1.54 bits per heavy atom. The summed E-state index contributed by atoms with van der Waals surface area (Å²) in [5.74, 6) is -0.691. The van der Waals surface area contributed by atoms with Crippen molar-refractivity contribution in [2.24, 2.45) is 0 Å². The number of fused-ring (bicyclic) bond motifs is 2. The number of aryl methyl sites for hydroxylation is 2. The number of likely N-dealkylation sites (tertiary alicyclic amines) is 1. The molecule has 4 heteroatoms. The van der Waals surface area contributed by atoms with Crippen molar-refractivity contribution in [1.82, 2.24) is 4.90 Å². The maximum Gasteiger partial charge on any atom is 0.320 e. The Labute approximate surface area is 167 Å². The van der Waals surface area contributed by atoms with Crippen LogP contribution in [0, 0.1) is 0 Å². The second-order valence-corrected chi connectivity index (χ2v) is 7.68. The maximum absolute atomic E-state index is 11.5. The lowest BCUT2D eigenvalue weighted by Gasteiger charge is -2.32. The molecule has 4 rings (SSSR count). The number of benzene rings is 2. The fraction of sp³-hybridized carbons (Fsp3) is 0.375. The van der Waals surface area contributed by atoms with Crippen LogP contribution in [-0.4, -0.2) is 41.7 Å². The minimum Gasteiger partial charge on any atom is -0.480 e. The fourth-order valence-electron chi connectivity index (χ4n) is 4.45. The van der Waals surface area contributed by atoms with E-state index in [2.05, 4.69) is 70.5 Å². The molecule has 4 nitrogen and oxygen atoms in total. The quantitative estimate of drug-likeness (QED) is 0.785. The number of nitrogens with zero attached hydrogens (tertiary/aromatic N) is 2. The number of carboxylic acids is 1. The zero-order chi connectivity index (χ0) is 19.3. The molecule has 1 unspecified atom stereocenters. The fourth-order valence-corrected chi connectivity index (χ4v) is 4.45. The van der Waals surface area contributed by atoms with E-state index in [-0.39, 0.29) is 6.04 Å². The number of anilines is 2. The first-order valence-corrected chi connectivity index (χ1v) is 10.3. The Kier molecular flexibility index (Phi) is 5.77. The molecule has 1 fully saturated rings. The highest BCUT2D eigenvalue weighted by Crippen LogP contribution is 2.35. The predicted molar refractivity (Wildman–Crippen MR) is 113 cm³/mol. The molecule has 0 aromatic heterocycles. The predicted octanol–water partition coefficient (Wildman–Crippen LogP) is 4.42. The number of hydrogen-bond acceptors (Lipinski definition) is 3. The first-order valence-electron chi connectivity index (χ1n) is 10.3. The van der Waals surface area contributed by atoms with Crippen molar-refractivity contribution in [3.63, 3.8) is 0 Å². The molecule has 0 radical (unpaired) electrons. The minimum atomic E-state index is -0.691. The lowest BCUT2D eigenvalue weighted by Crippen LogP contribution is -2.44. The molecule has 28 heavy (non-hydrogen) atoms. The van der Waals surface area contributed by atoms with E-state index in [1.165, 1.54) is 22.5 Å². The molecule has 0 spiro atoms. The number of para-hydroxylation sites is 2. The highest BCUT2D eigenvalue weighted by Gasteiger charge is 2.27. The largest absolute Gasteiger partial charge is 0.480 e. The van der Waals surface area contributed by atoms with E-state index >= 15 is 0 Å². The molecule has 0 bridgehead atoms. The Bertz CT molecular complexity index is 814. The standard InChI is InChI=1S/C24H28N2O2/c27-24(28)23-13-5-6-16-25(23)17-7-8-18-26-21-11-3-1-9-19(21)14-15-20-10-2-4-12-22(20)26/h1-4,7-12,23H,5-6,13-18H2,(H,27,28)/b8-7-. The number of rotatable bonds is 5. The third kappa shape index (κ3) is 3.97.